The number of carbonyl (C=O) groups excluding carboxylic acids is 1. The van der Waals surface area contributed by atoms with Gasteiger partial charge in [-0.1, -0.05) is 31.9 Å². The van der Waals surface area contributed by atoms with Gasteiger partial charge in [0.2, 0.25) is 5.95 Å². The molecule has 0 bridgehead atoms. The Balaban J connectivity index is 2.15. The molecule has 0 unspecified atom stereocenters. The number of rotatable bonds is 9. The van der Waals surface area contributed by atoms with Gasteiger partial charge < -0.3 is 15.4 Å². The molecule has 6 heteroatoms. The summed E-state index contributed by atoms with van der Waals surface area (Å²) in [6, 6.07) is 9.09. The highest BCUT2D eigenvalue weighted by Gasteiger charge is 2.13. The number of nitrogens with zero attached hydrogens (tertiary/aromatic N) is 2. The minimum absolute atomic E-state index is 0.339. The van der Waals surface area contributed by atoms with E-state index in [1.165, 1.54) is 12.8 Å². The van der Waals surface area contributed by atoms with Crippen molar-refractivity contribution in [3.63, 3.8) is 0 Å². The molecule has 2 N–H and O–H groups in total. The minimum Gasteiger partial charge on any atom is -0.462 e. The van der Waals surface area contributed by atoms with Gasteiger partial charge in [0.1, 0.15) is 5.82 Å². The van der Waals surface area contributed by atoms with Gasteiger partial charge in [-0.25, -0.2) is 9.78 Å². The molecular weight excluding hydrogens is 316 g/mol. The number of ether oxygens (including phenoxy) is 1. The third-order valence-corrected chi connectivity index (χ3v) is 3.60. The molecule has 0 radical (unpaired) electrons. The summed E-state index contributed by atoms with van der Waals surface area (Å²) in [7, 11) is 0. The second-order valence-corrected chi connectivity index (χ2v) is 5.74. The second-order valence-electron chi connectivity index (χ2n) is 5.74. The fraction of sp³-hybridized carbons (Fsp3) is 0.421. The van der Waals surface area contributed by atoms with Crippen LogP contribution in [-0.2, 0) is 4.74 Å². The SMILES string of the molecule is CCCCCNc1nc(C)cc(Nc2ccccc2C(=O)OCC)n1. The Morgan fingerprint density at radius 3 is 2.72 bits per heavy atom. The Labute approximate surface area is 149 Å². The third kappa shape index (κ3) is 5.74. The summed E-state index contributed by atoms with van der Waals surface area (Å²) in [6.45, 7) is 7.06. The first-order valence-electron chi connectivity index (χ1n) is 8.76. The van der Waals surface area contributed by atoms with Crippen molar-refractivity contribution in [1.29, 1.82) is 0 Å². The summed E-state index contributed by atoms with van der Waals surface area (Å²) in [4.78, 5) is 21.0. The molecule has 0 atom stereocenters. The van der Waals surface area contributed by atoms with E-state index in [-0.39, 0.29) is 5.97 Å². The number of anilines is 3. The number of esters is 1. The summed E-state index contributed by atoms with van der Waals surface area (Å²) < 4.78 is 5.11. The van der Waals surface area contributed by atoms with Gasteiger partial charge in [-0.05, 0) is 32.4 Å². The van der Waals surface area contributed by atoms with Gasteiger partial charge in [-0.15, -0.1) is 0 Å². The quantitative estimate of drug-likeness (QED) is 0.522. The van der Waals surface area contributed by atoms with E-state index in [0.29, 0.717) is 29.6 Å². The standard InChI is InChI=1S/C19H26N4O2/c1-4-6-9-12-20-19-21-14(3)13-17(23-19)22-16-11-8-7-10-15(16)18(24)25-5-2/h7-8,10-11,13H,4-6,9,12H2,1-3H3,(H2,20,21,22,23). The monoisotopic (exact) mass is 342 g/mol. The molecule has 1 aromatic carbocycles. The number of carbonyl (C=O) groups is 1. The first-order valence-corrected chi connectivity index (χ1v) is 8.76. The average molecular weight is 342 g/mol. The molecule has 1 aromatic heterocycles. The number of benzene rings is 1. The molecule has 2 aromatic rings. The molecule has 0 aliphatic rings. The predicted octanol–water partition coefficient (Wildman–Crippen LogP) is 4.31. The highest BCUT2D eigenvalue weighted by atomic mass is 16.5. The van der Waals surface area contributed by atoms with Crippen molar-refractivity contribution in [1.82, 2.24) is 9.97 Å². The van der Waals surface area contributed by atoms with Crippen LogP contribution in [0, 0.1) is 6.92 Å². The van der Waals surface area contributed by atoms with E-state index in [0.717, 1.165) is 18.7 Å². The van der Waals surface area contributed by atoms with Gasteiger partial charge in [0.15, 0.2) is 0 Å². The van der Waals surface area contributed by atoms with Crippen LogP contribution in [0.4, 0.5) is 17.5 Å². The van der Waals surface area contributed by atoms with Crippen molar-refractivity contribution in [2.45, 2.75) is 40.0 Å². The average Bonchev–Trinajstić information content (AvgIpc) is 2.59. The molecule has 0 aliphatic heterocycles. The molecule has 6 nitrogen and oxygen atoms in total. The van der Waals surface area contributed by atoms with Gasteiger partial charge >= 0.3 is 5.97 Å². The molecule has 0 saturated heterocycles. The largest absolute Gasteiger partial charge is 0.462 e. The van der Waals surface area contributed by atoms with Gasteiger partial charge in [0, 0.05) is 18.3 Å². The topological polar surface area (TPSA) is 76.1 Å². The summed E-state index contributed by atoms with van der Waals surface area (Å²) in [5, 5.41) is 6.45. The van der Waals surface area contributed by atoms with Crippen molar-refractivity contribution < 1.29 is 9.53 Å². The van der Waals surface area contributed by atoms with E-state index in [1.54, 1.807) is 13.0 Å². The number of unbranched alkanes of at least 4 members (excludes halogenated alkanes) is 2. The number of hydrogen-bond acceptors (Lipinski definition) is 6. The summed E-state index contributed by atoms with van der Waals surface area (Å²) in [6.07, 6.45) is 3.44. The van der Waals surface area contributed by atoms with Gasteiger partial charge in [0.25, 0.3) is 0 Å². The molecule has 0 saturated carbocycles. The van der Waals surface area contributed by atoms with Crippen molar-refractivity contribution in [3.8, 4) is 0 Å². The maximum atomic E-state index is 12.1. The molecule has 0 spiro atoms. The zero-order valence-electron chi connectivity index (χ0n) is 15.1. The number of nitrogens with one attached hydrogen (secondary N) is 2. The number of aromatic nitrogens is 2. The van der Waals surface area contributed by atoms with E-state index in [9.17, 15) is 4.79 Å². The van der Waals surface area contributed by atoms with Crippen molar-refractivity contribution >= 4 is 23.4 Å². The zero-order valence-corrected chi connectivity index (χ0v) is 15.1. The maximum Gasteiger partial charge on any atom is 0.340 e. The van der Waals surface area contributed by atoms with Gasteiger partial charge in [-0.3, -0.25) is 0 Å². The third-order valence-electron chi connectivity index (χ3n) is 3.60. The minimum atomic E-state index is -0.353. The van der Waals surface area contributed by atoms with Crippen LogP contribution in [0.2, 0.25) is 0 Å². The Hall–Kier alpha value is -2.63. The Morgan fingerprint density at radius 1 is 1.16 bits per heavy atom. The van der Waals surface area contributed by atoms with Crippen molar-refractivity contribution in [2.75, 3.05) is 23.8 Å². The molecule has 0 fully saturated rings. The predicted molar refractivity (Wildman–Crippen MR) is 100 cm³/mol. The highest BCUT2D eigenvalue weighted by Crippen LogP contribution is 2.21. The molecule has 0 amide bonds. The lowest BCUT2D eigenvalue weighted by Gasteiger charge is -2.12. The molecule has 1 heterocycles. The van der Waals surface area contributed by atoms with Crippen LogP contribution in [0.3, 0.4) is 0 Å². The van der Waals surface area contributed by atoms with Gasteiger partial charge in [-0.2, -0.15) is 4.98 Å². The van der Waals surface area contributed by atoms with E-state index in [4.69, 9.17) is 4.74 Å². The summed E-state index contributed by atoms with van der Waals surface area (Å²) in [5.41, 5.74) is 2.00. The lowest BCUT2D eigenvalue weighted by atomic mass is 10.2. The number of para-hydroxylation sites is 1. The van der Waals surface area contributed by atoms with Crippen LogP contribution in [0.1, 0.15) is 49.2 Å². The van der Waals surface area contributed by atoms with E-state index >= 15 is 0 Å². The van der Waals surface area contributed by atoms with E-state index < -0.39 is 0 Å². The fourth-order valence-electron chi connectivity index (χ4n) is 2.40. The first-order chi connectivity index (χ1) is 12.1. The molecule has 2 rings (SSSR count). The lowest BCUT2D eigenvalue weighted by Crippen LogP contribution is -2.10. The summed E-state index contributed by atoms with van der Waals surface area (Å²) >= 11 is 0. The second kappa shape index (κ2) is 9.61. The zero-order chi connectivity index (χ0) is 18.1. The first kappa shape index (κ1) is 18.7. The van der Waals surface area contributed by atoms with Crippen LogP contribution < -0.4 is 10.6 Å². The Kier molecular flexibility index (Phi) is 7.19. The maximum absolute atomic E-state index is 12.1. The molecule has 25 heavy (non-hydrogen) atoms. The van der Waals surface area contributed by atoms with Crippen LogP contribution in [0.15, 0.2) is 30.3 Å². The number of aryl methyl sites for hydroxylation is 1. The molecule has 0 aliphatic carbocycles. The van der Waals surface area contributed by atoms with E-state index in [1.807, 2.05) is 31.2 Å². The highest BCUT2D eigenvalue weighted by molar-refractivity contribution is 5.96. The molecular formula is C19H26N4O2. The van der Waals surface area contributed by atoms with Crippen molar-refractivity contribution in [3.05, 3.63) is 41.6 Å². The smallest absolute Gasteiger partial charge is 0.340 e. The summed E-state index contributed by atoms with van der Waals surface area (Å²) in [5.74, 6) is 0.878. The number of hydrogen-bond donors (Lipinski definition) is 2. The van der Waals surface area contributed by atoms with Crippen LogP contribution in [0.5, 0.6) is 0 Å². The van der Waals surface area contributed by atoms with Crippen LogP contribution in [0.25, 0.3) is 0 Å². The Morgan fingerprint density at radius 2 is 1.96 bits per heavy atom. The van der Waals surface area contributed by atoms with Crippen molar-refractivity contribution in [2.24, 2.45) is 0 Å². The Bertz CT molecular complexity index is 704. The lowest BCUT2D eigenvalue weighted by molar-refractivity contribution is 0.0527. The van der Waals surface area contributed by atoms with Crippen LogP contribution >= 0.6 is 0 Å². The van der Waals surface area contributed by atoms with E-state index in [2.05, 4.69) is 27.5 Å². The normalized spacial score (nSPS) is 10.4. The van der Waals surface area contributed by atoms with Crippen LogP contribution in [-0.4, -0.2) is 29.1 Å². The molecule has 134 valence electrons. The fourth-order valence-corrected chi connectivity index (χ4v) is 2.40. The van der Waals surface area contributed by atoms with Gasteiger partial charge in [0.05, 0.1) is 17.9 Å².